The molecule has 2 aromatic heterocycles. The van der Waals surface area contributed by atoms with E-state index in [4.69, 9.17) is 4.52 Å². The molecule has 112 valence electrons. The summed E-state index contributed by atoms with van der Waals surface area (Å²) in [5.74, 6) is 1.18. The lowest BCUT2D eigenvalue weighted by atomic mass is 10.2. The Morgan fingerprint density at radius 1 is 1.62 bits per heavy atom. The van der Waals surface area contributed by atoms with Gasteiger partial charge >= 0.3 is 0 Å². The number of nitrogens with zero attached hydrogens (tertiary/aromatic N) is 2. The Bertz CT molecular complexity index is 594. The molecule has 0 bridgehead atoms. The van der Waals surface area contributed by atoms with Gasteiger partial charge in [-0.05, 0) is 37.8 Å². The number of aromatic nitrogens is 1. The van der Waals surface area contributed by atoms with Crippen molar-refractivity contribution in [2.75, 3.05) is 18.4 Å². The van der Waals surface area contributed by atoms with E-state index in [0.717, 1.165) is 13.1 Å². The average molecular weight is 305 g/mol. The summed E-state index contributed by atoms with van der Waals surface area (Å²) >= 11 is 1.80. The first kappa shape index (κ1) is 14.3. The molecule has 2 aromatic rings. The number of thiophene rings is 1. The van der Waals surface area contributed by atoms with Crippen LogP contribution in [0.4, 0.5) is 5.82 Å². The number of nitrogens with one attached hydrogen (secondary N) is 1. The lowest BCUT2D eigenvalue weighted by molar-refractivity contribution is -0.116. The summed E-state index contributed by atoms with van der Waals surface area (Å²) in [4.78, 5) is 15.8. The number of aryl methyl sites for hydroxylation is 1. The zero-order valence-corrected chi connectivity index (χ0v) is 12.9. The molecule has 0 saturated carbocycles. The summed E-state index contributed by atoms with van der Waals surface area (Å²) < 4.78 is 4.94. The van der Waals surface area contributed by atoms with Crippen LogP contribution in [0.2, 0.25) is 0 Å². The van der Waals surface area contributed by atoms with Crippen LogP contribution in [0.5, 0.6) is 0 Å². The highest BCUT2D eigenvalue weighted by molar-refractivity contribution is 7.10. The molecule has 0 spiro atoms. The van der Waals surface area contributed by atoms with Crippen molar-refractivity contribution in [3.05, 3.63) is 34.2 Å². The molecule has 1 amide bonds. The molecule has 5 nitrogen and oxygen atoms in total. The van der Waals surface area contributed by atoms with Crippen LogP contribution in [0.3, 0.4) is 0 Å². The van der Waals surface area contributed by atoms with E-state index in [9.17, 15) is 4.79 Å². The normalized spacial score (nSPS) is 19.0. The second-order valence-corrected chi connectivity index (χ2v) is 6.31. The zero-order valence-electron chi connectivity index (χ0n) is 12.0. The molecule has 3 heterocycles. The van der Waals surface area contributed by atoms with Gasteiger partial charge in [-0.3, -0.25) is 9.69 Å². The zero-order chi connectivity index (χ0) is 14.7. The number of anilines is 1. The largest absolute Gasteiger partial charge is 0.360 e. The summed E-state index contributed by atoms with van der Waals surface area (Å²) in [6.45, 7) is 3.66. The highest BCUT2D eigenvalue weighted by atomic mass is 32.1. The van der Waals surface area contributed by atoms with Crippen molar-refractivity contribution in [1.29, 1.82) is 0 Å². The standard InChI is InChI=1S/C15H19N3O2S/c1-11-10-14(17-20-11)16-15(19)6-8-18-7-2-4-12(18)13-5-3-9-21-13/h3,5,9-10,12H,2,4,6-8H2,1H3,(H,16,17,19)/t12-/m1/s1. The van der Waals surface area contributed by atoms with Crippen molar-refractivity contribution in [1.82, 2.24) is 10.1 Å². The van der Waals surface area contributed by atoms with Crippen LogP contribution in [-0.4, -0.2) is 29.1 Å². The second kappa shape index (κ2) is 6.41. The lowest BCUT2D eigenvalue weighted by Crippen LogP contribution is -2.27. The molecule has 1 N–H and O–H groups in total. The van der Waals surface area contributed by atoms with Gasteiger partial charge in [0.1, 0.15) is 5.76 Å². The molecule has 1 aliphatic heterocycles. The Kier molecular flexibility index (Phi) is 4.36. The van der Waals surface area contributed by atoms with E-state index in [1.54, 1.807) is 24.3 Å². The quantitative estimate of drug-likeness (QED) is 0.921. The minimum absolute atomic E-state index is 0.0138. The molecule has 1 atom stereocenters. The van der Waals surface area contributed by atoms with E-state index in [1.807, 2.05) is 0 Å². The summed E-state index contributed by atoms with van der Waals surface area (Å²) in [7, 11) is 0. The summed E-state index contributed by atoms with van der Waals surface area (Å²) in [6.07, 6.45) is 2.87. The van der Waals surface area contributed by atoms with Gasteiger partial charge < -0.3 is 9.84 Å². The molecule has 1 saturated heterocycles. The van der Waals surface area contributed by atoms with Crippen LogP contribution >= 0.6 is 11.3 Å². The maximum Gasteiger partial charge on any atom is 0.226 e. The third-order valence-corrected chi connectivity index (χ3v) is 4.73. The van der Waals surface area contributed by atoms with Crippen molar-refractivity contribution in [3.8, 4) is 0 Å². The number of carbonyl (C=O) groups is 1. The van der Waals surface area contributed by atoms with E-state index in [0.29, 0.717) is 24.0 Å². The SMILES string of the molecule is Cc1cc(NC(=O)CCN2CCC[C@@H]2c2cccs2)no1. The highest BCUT2D eigenvalue weighted by Gasteiger charge is 2.26. The Morgan fingerprint density at radius 2 is 2.52 bits per heavy atom. The lowest BCUT2D eigenvalue weighted by Gasteiger charge is -2.23. The first-order valence-corrected chi connectivity index (χ1v) is 8.11. The third kappa shape index (κ3) is 3.51. The maximum absolute atomic E-state index is 12.0. The Labute approximate surface area is 127 Å². The minimum atomic E-state index is -0.0138. The smallest absolute Gasteiger partial charge is 0.226 e. The van der Waals surface area contributed by atoms with Crippen molar-refractivity contribution in [2.45, 2.75) is 32.2 Å². The second-order valence-electron chi connectivity index (χ2n) is 5.33. The number of hydrogen-bond acceptors (Lipinski definition) is 5. The Morgan fingerprint density at radius 3 is 3.24 bits per heavy atom. The van der Waals surface area contributed by atoms with Gasteiger partial charge in [0.15, 0.2) is 5.82 Å². The first-order chi connectivity index (χ1) is 10.2. The van der Waals surface area contributed by atoms with Crippen molar-refractivity contribution in [3.63, 3.8) is 0 Å². The van der Waals surface area contributed by atoms with Crippen molar-refractivity contribution in [2.24, 2.45) is 0 Å². The van der Waals surface area contributed by atoms with E-state index >= 15 is 0 Å². The van der Waals surface area contributed by atoms with Gasteiger partial charge in [-0.25, -0.2) is 0 Å². The average Bonchev–Trinajstić information content (AvgIpc) is 3.16. The molecule has 6 heteroatoms. The molecule has 0 aromatic carbocycles. The topological polar surface area (TPSA) is 58.4 Å². The summed E-state index contributed by atoms with van der Waals surface area (Å²) in [5, 5.41) is 8.66. The van der Waals surface area contributed by atoms with Gasteiger partial charge in [-0.15, -0.1) is 11.3 Å². The fourth-order valence-corrected chi connectivity index (χ4v) is 3.67. The maximum atomic E-state index is 12.0. The van der Waals surface area contributed by atoms with Crippen molar-refractivity contribution < 1.29 is 9.32 Å². The van der Waals surface area contributed by atoms with Crippen LogP contribution in [-0.2, 0) is 4.79 Å². The number of likely N-dealkylation sites (tertiary alicyclic amines) is 1. The molecular formula is C15H19N3O2S. The van der Waals surface area contributed by atoms with Crippen molar-refractivity contribution >= 4 is 23.1 Å². The van der Waals surface area contributed by atoms with Gasteiger partial charge in [-0.2, -0.15) is 0 Å². The van der Waals surface area contributed by atoms with Gasteiger partial charge in [-0.1, -0.05) is 11.2 Å². The molecule has 21 heavy (non-hydrogen) atoms. The fourth-order valence-electron chi connectivity index (χ4n) is 2.77. The molecular weight excluding hydrogens is 286 g/mol. The van der Waals surface area contributed by atoms with Gasteiger partial charge in [0.05, 0.1) is 0 Å². The number of rotatable bonds is 5. The molecule has 1 aliphatic rings. The monoisotopic (exact) mass is 305 g/mol. The van der Waals surface area contributed by atoms with Crippen LogP contribution in [0, 0.1) is 6.92 Å². The summed E-state index contributed by atoms with van der Waals surface area (Å²) in [5.41, 5.74) is 0. The van der Waals surface area contributed by atoms with Crippen LogP contribution in [0.1, 0.15) is 35.9 Å². The number of hydrogen-bond donors (Lipinski definition) is 1. The molecule has 0 unspecified atom stereocenters. The van der Waals surface area contributed by atoms with E-state index in [1.165, 1.54) is 17.7 Å². The summed E-state index contributed by atoms with van der Waals surface area (Å²) in [6, 6.07) is 6.48. The Hall–Kier alpha value is -1.66. The number of carbonyl (C=O) groups excluding carboxylic acids is 1. The van der Waals surface area contributed by atoms with E-state index in [2.05, 4.69) is 32.9 Å². The highest BCUT2D eigenvalue weighted by Crippen LogP contribution is 2.34. The first-order valence-electron chi connectivity index (χ1n) is 7.23. The number of amides is 1. The molecule has 0 aliphatic carbocycles. The predicted octanol–water partition coefficient (Wildman–Crippen LogP) is 3.21. The van der Waals surface area contributed by atoms with Crippen LogP contribution < -0.4 is 5.32 Å². The van der Waals surface area contributed by atoms with Gasteiger partial charge in [0, 0.05) is 30.0 Å². The van der Waals surface area contributed by atoms with Gasteiger partial charge in [0.25, 0.3) is 0 Å². The molecule has 3 rings (SSSR count). The van der Waals surface area contributed by atoms with E-state index in [-0.39, 0.29) is 5.91 Å². The van der Waals surface area contributed by atoms with Gasteiger partial charge in [0.2, 0.25) is 5.91 Å². The molecule has 0 radical (unpaired) electrons. The van der Waals surface area contributed by atoms with E-state index < -0.39 is 0 Å². The van der Waals surface area contributed by atoms with Crippen LogP contribution in [0.25, 0.3) is 0 Å². The van der Waals surface area contributed by atoms with Crippen LogP contribution in [0.15, 0.2) is 28.1 Å². The predicted molar refractivity (Wildman–Crippen MR) is 82.4 cm³/mol. The Balaban J connectivity index is 1.51. The third-order valence-electron chi connectivity index (χ3n) is 3.76. The minimum Gasteiger partial charge on any atom is -0.360 e. The fraction of sp³-hybridized carbons (Fsp3) is 0.467. The molecule has 1 fully saturated rings.